The van der Waals surface area contributed by atoms with Crippen LogP contribution in [0, 0.1) is 5.92 Å². The maximum Gasteiger partial charge on any atom is 0.0107 e. The number of nitrogens with one attached hydrogen (secondary N) is 1. The van der Waals surface area contributed by atoms with Gasteiger partial charge in [-0.3, -0.25) is 0 Å². The smallest absolute Gasteiger partial charge is 0.0107 e. The van der Waals surface area contributed by atoms with Gasteiger partial charge in [0.05, 0.1) is 0 Å². The Hall–Kier alpha value is -0.340. The highest BCUT2D eigenvalue weighted by Gasteiger charge is 2.14. The molecule has 1 rings (SSSR count). The van der Waals surface area contributed by atoms with E-state index in [9.17, 15) is 0 Å². The molecule has 0 aromatic carbocycles. The summed E-state index contributed by atoms with van der Waals surface area (Å²) in [7, 11) is 2.10. The van der Waals surface area contributed by atoms with Crippen LogP contribution in [0.25, 0.3) is 0 Å². The molecule has 0 spiro atoms. The Balaban J connectivity index is 2.38. The number of hydrogen-bond acceptors (Lipinski definition) is 2. The van der Waals surface area contributed by atoms with Crippen LogP contribution in [0.1, 0.15) is 51.5 Å². The molecule has 0 amide bonds. The van der Waals surface area contributed by atoms with Crippen molar-refractivity contribution in [1.82, 2.24) is 5.32 Å². The van der Waals surface area contributed by atoms with Crippen molar-refractivity contribution < 1.29 is 0 Å². The molecule has 0 aliphatic rings. The van der Waals surface area contributed by atoms with Crippen LogP contribution < -0.4 is 5.32 Å². The SMILES string of the molecule is CCCCC(CC)CC(Cc1ccsc1)NC. The van der Waals surface area contributed by atoms with Crippen molar-refractivity contribution in [2.75, 3.05) is 7.05 Å². The summed E-state index contributed by atoms with van der Waals surface area (Å²) in [4.78, 5) is 0. The van der Waals surface area contributed by atoms with E-state index >= 15 is 0 Å². The van der Waals surface area contributed by atoms with Crippen molar-refractivity contribution in [2.24, 2.45) is 5.92 Å². The zero-order valence-electron chi connectivity index (χ0n) is 11.5. The van der Waals surface area contributed by atoms with Crippen LogP contribution in [0.5, 0.6) is 0 Å². The molecular weight excluding hydrogens is 226 g/mol. The molecule has 2 heteroatoms. The molecule has 2 unspecified atom stereocenters. The topological polar surface area (TPSA) is 12.0 Å². The number of likely N-dealkylation sites (N-methyl/N-ethyl adjacent to an activating group) is 1. The van der Waals surface area contributed by atoms with E-state index in [4.69, 9.17) is 0 Å². The van der Waals surface area contributed by atoms with Gasteiger partial charge in [-0.2, -0.15) is 11.3 Å². The monoisotopic (exact) mass is 253 g/mol. The van der Waals surface area contributed by atoms with Crippen LogP contribution in [0.3, 0.4) is 0 Å². The van der Waals surface area contributed by atoms with Crippen LogP contribution in [-0.4, -0.2) is 13.1 Å². The van der Waals surface area contributed by atoms with Gasteiger partial charge in [0.2, 0.25) is 0 Å². The molecule has 1 aromatic heterocycles. The molecule has 1 aromatic rings. The first-order valence-corrected chi connectivity index (χ1v) is 7.92. The average molecular weight is 253 g/mol. The summed E-state index contributed by atoms with van der Waals surface area (Å²) in [5.41, 5.74) is 1.49. The lowest BCUT2D eigenvalue weighted by molar-refractivity contribution is 0.358. The highest BCUT2D eigenvalue weighted by atomic mass is 32.1. The molecule has 0 saturated heterocycles. The van der Waals surface area contributed by atoms with E-state index in [0.29, 0.717) is 6.04 Å². The largest absolute Gasteiger partial charge is 0.317 e. The fourth-order valence-corrected chi connectivity index (χ4v) is 3.06. The van der Waals surface area contributed by atoms with Crippen LogP contribution >= 0.6 is 11.3 Å². The van der Waals surface area contributed by atoms with E-state index in [1.54, 1.807) is 11.3 Å². The third-order valence-electron chi connectivity index (χ3n) is 3.63. The molecule has 1 heterocycles. The van der Waals surface area contributed by atoms with Crippen molar-refractivity contribution in [3.63, 3.8) is 0 Å². The summed E-state index contributed by atoms with van der Waals surface area (Å²) in [6.45, 7) is 4.62. The molecule has 17 heavy (non-hydrogen) atoms. The van der Waals surface area contributed by atoms with E-state index in [1.165, 1.54) is 44.1 Å². The molecule has 0 saturated carbocycles. The Morgan fingerprint density at radius 3 is 2.71 bits per heavy atom. The van der Waals surface area contributed by atoms with Gasteiger partial charge in [-0.05, 0) is 48.2 Å². The first-order valence-electron chi connectivity index (χ1n) is 6.98. The Bertz CT molecular complexity index is 268. The number of thiophene rings is 1. The van der Waals surface area contributed by atoms with E-state index in [1.807, 2.05) is 0 Å². The normalized spacial score (nSPS) is 14.8. The molecule has 2 atom stereocenters. The Kier molecular flexibility index (Phi) is 7.54. The second kappa shape index (κ2) is 8.71. The second-order valence-corrected chi connectivity index (χ2v) is 5.75. The Morgan fingerprint density at radius 1 is 1.35 bits per heavy atom. The van der Waals surface area contributed by atoms with Crippen molar-refractivity contribution in [3.05, 3.63) is 22.4 Å². The van der Waals surface area contributed by atoms with E-state index in [-0.39, 0.29) is 0 Å². The average Bonchev–Trinajstić information content (AvgIpc) is 2.85. The highest BCUT2D eigenvalue weighted by Crippen LogP contribution is 2.20. The van der Waals surface area contributed by atoms with Crippen LogP contribution in [-0.2, 0) is 6.42 Å². The molecule has 0 radical (unpaired) electrons. The van der Waals surface area contributed by atoms with E-state index in [2.05, 4.69) is 43.0 Å². The first-order chi connectivity index (χ1) is 8.30. The molecule has 0 aliphatic carbocycles. The van der Waals surface area contributed by atoms with Gasteiger partial charge < -0.3 is 5.32 Å². The molecule has 0 aliphatic heterocycles. The van der Waals surface area contributed by atoms with Gasteiger partial charge in [-0.25, -0.2) is 0 Å². The van der Waals surface area contributed by atoms with E-state index < -0.39 is 0 Å². The van der Waals surface area contributed by atoms with Gasteiger partial charge in [0.1, 0.15) is 0 Å². The number of unbranched alkanes of at least 4 members (excludes halogenated alkanes) is 1. The minimum Gasteiger partial charge on any atom is -0.317 e. The highest BCUT2D eigenvalue weighted by molar-refractivity contribution is 7.07. The van der Waals surface area contributed by atoms with Gasteiger partial charge in [0, 0.05) is 6.04 Å². The first kappa shape index (κ1) is 14.7. The van der Waals surface area contributed by atoms with Crippen molar-refractivity contribution in [1.29, 1.82) is 0 Å². The third kappa shape index (κ3) is 5.69. The minimum absolute atomic E-state index is 0.645. The molecule has 1 nitrogen and oxygen atoms in total. The fourth-order valence-electron chi connectivity index (χ4n) is 2.38. The van der Waals surface area contributed by atoms with E-state index in [0.717, 1.165) is 5.92 Å². The summed E-state index contributed by atoms with van der Waals surface area (Å²) in [6.07, 6.45) is 7.93. The van der Waals surface area contributed by atoms with Crippen LogP contribution in [0.15, 0.2) is 16.8 Å². The lowest BCUT2D eigenvalue weighted by Crippen LogP contribution is -2.30. The number of hydrogen-bond donors (Lipinski definition) is 1. The van der Waals surface area contributed by atoms with Gasteiger partial charge in [-0.15, -0.1) is 0 Å². The second-order valence-electron chi connectivity index (χ2n) is 4.97. The Morgan fingerprint density at radius 2 is 2.18 bits per heavy atom. The molecule has 98 valence electrons. The quantitative estimate of drug-likeness (QED) is 0.684. The van der Waals surface area contributed by atoms with Crippen molar-refractivity contribution in [3.8, 4) is 0 Å². The molecule has 1 N–H and O–H groups in total. The van der Waals surface area contributed by atoms with Crippen molar-refractivity contribution in [2.45, 2.75) is 58.4 Å². The summed E-state index contributed by atoms with van der Waals surface area (Å²) in [5, 5.41) is 7.94. The van der Waals surface area contributed by atoms with Crippen LogP contribution in [0.4, 0.5) is 0 Å². The van der Waals surface area contributed by atoms with Crippen LogP contribution in [0.2, 0.25) is 0 Å². The predicted molar refractivity (Wildman–Crippen MR) is 78.8 cm³/mol. The standard InChI is InChI=1S/C15H27NS/c1-4-6-7-13(5-2)10-15(16-3)11-14-8-9-17-12-14/h8-9,12-13,15-16H,4-7,10-11H2,1-3H3. The van der Waals surface area contributed by atoms with Crippen molar-refractivity contribution >= 4 is 11.3 Å². The molecular formula is C15H27NS. The summed E-state index contributed by atoms with van der Waals surface area (Å²) >= 11 is 1.80. The van der Waals surface area contributed by atoms with Gasteiger partial charge in [-0.1, -0.05) is 39.5 Å². The summed E-state index contributed by atoms with van der Waals surface area (Å²) in [5.74, 6) is 0.894. The maximum atomic E-state index is 3.49. The maximum absolute atomic E-state index is 3.49. The zero-order chi connectivity index (χ0) is 12.5. The molecule has 0 fully saturated rings. The third-order valence-corrected chi connectivity index (χ3v) is 4.36. The lowest BCUT2D eigenvalue weighted by Gasteiger charge is -2.22. The fraction of sp³-hybridized carbons (Fsp3) is 0.733. The van der Waals surface area contributed by atoms with Gasteiger partial charge >= 0.3 is 0 Å². The minimum atomic E-state index is 0.645. The Labute approximate surface area is 111 Å². The zero-order valence-corrected chi connectivity index (χ0v) is 12.4. The number of rotatable bonds is 9. The van der Waals surface area contributed by atoms with Gasteiger partial charge in [0.25, 0.3) is 0 Å². The summed E-state index contributed by atoms with van der Waals surface area (Å²) < 4.78 is 0. The molecule has 0 bridgehead atoms. The summed E-state index contributed by atoms with van der Waals surface area (Å²) in [6, 6.07) is 2.90. The lowest BCUT2D eigenvalue weighted by atomic mass is 9.90. The van der Waals surface area contributed by atoms with Gasteiger partial charge in [0.15, 0.2) is 0 Å². The predicted octanol–water partition coefficient (Wildman–Crippen LogP) is 4.49.